The van der Waals surface area contributed by atoms with Crippen LogP contribution in [0.4, 0.5) is 15.2 Å². The highest BCUT2D eigenvalue weighted by Gasteiger charge is 2.08. The molecule has 0 saturated carbocycles. The van der Waals surface area contributed by atoms with Crippen LogP contribution in [0.15, 0.2) is 36.4 Å². The largest absolute Gasteiger partial charge is 0.329 e. The van der Waals surface area contributed by atoms with Crippen LogP contribution in [0.5, 0.6) is 0 Å². The summed E-state index contributed by atoms with van der Waals surface area (Å²) < 4.78 is 14.7. The van der Waals surface area contributed by atoms with Crippen molar-refractivity contribution in [3.05, 3.63) is 52.3 Å². The Balaban J connectivity index is 1.96. The van der Waals surface area contributed by atoms with Gasteiger partial charge in [-0.05, 0) is 36.4 Å². The molecule has 1 aromatic heterocycles. The van der Waals surface area contributed by atoms with E-state index < -0.39 is 5.82 Å². The molecule has 3 rings (SSSR count). The molecule has 0 aliphatic carbocycles. The van der Waals surface area contributed by atoms with E-state index in [1.54, 1.807) is 24.3 Å². The molecule has 0 spiro atoms. The van der Waals surface area contributed by atoms with E-state index >= 15 is 0 Å². The van der Waals surface area contributed by atoms with Crippen LogP contribution in [0.3, 0.4) is 0 Å². The van der Waals surface area contributed by atoms with Crippen molar-refractivity contribution in [2.45, 2.75) is 0 Å². The molecule has 0 fully saturated rings. The van der Waals surface area contributed by atoms with Crippen molar-refractivity contribution in [1.29, 1.82) is 0 Å². The fraction of sp³-hybridized carbons (Fsp3) is 0. The minimum Gasteiger partial charge on any atom is -0.329 e. The van der Waals surface area contributed by atoms with E-state index in [0.717, 1.165) is 10.2 Å². The van der Waals surface area contributed by atoms with E-state index in [2.05, 4.69) is 10.3 Å². The molecule has 2 nitrogen and oxygen atoms in total. The van der Waals surface area contributed by atoms with Gasteiger partial charge in [-0.15, -0.1) is 0 Å². The lowest BCUT2D eigenvalue weighted by atomic mass is 10.3. The summed E-state index contributed by atoms with van der Waals surface area (Å²) in [5, 5.41) is 4.54. The van der Waals surface area contributed by atoms with Gasteiger partial charge < -0.3 is 5.32 Å². The summed E-state index contributed by atoms with van der Waals surface area (Å²) in [5.74, 6) is -0.412. The Labute approximate surface area is 122 Å². The quantitative estimate of drug-likeness (QED) is 0.677. The third-order valence-electron chi connectivity index (χ3n) is 2.52. The Morgan fingerprint density at radius 2 is 1.79 bits per heavy atom. The Morgan fingerprint density at radius 3 is 2.58 bits per heavy atom. The molecular weight excluding hydrogens is 306 g/mol. The number of rotatable bonds is 2. The Kier molecular flexibility index (Phi) is 3.31. The monoisotopic (exact) mass is 312 g/mol. The number of aromatic nitrogens is 1. The molecule has 6 heteroatoms. The van der Waals surface area contributed by atoms with Crippen LogP contribution in [0.1, 0.15) is 0 Å². The second-order valence-corrected chi connectivity index (χ2v) is 5.78. The predicted molar refractivity (Wildman–Crippen MR) is 79.3 cm³/mol. The summed E-state index contributed by atoms with van der Waals surface area (Å²) in [6.07, 6.45) is 0. The molecule has 96 valence electrons. The van der Waals surface area contributed by atoms with Gasteiger partial charge in [0.25, 0.3) is 0 Å². The summed E-state index contributed by atoms with van der Waals surface area (Å²) in [7, 11) is 0. The van der Waals surface area contributed by atoms with E-state index in [1.165, 1.54) is 17.4 Å². The highest BCUT2D eigenvalue weighted by Crippen LogP contribution is 2.31. The maximum atomic E-state index is 13.7. The molecule has 0 amide bonds. The first kappa shape index (κ1) is 12.7. The zero-order chi connectivity index (χ0) is 13.4. The van der Waals surface area contributed by atoms with Gasteiger partial charge in [0.1, 0.15) is 5.82 Å². The van der Waals surface area contributed by atoms with E-state index in [4.69, 9.17) is 23.2 Å². The number of hydrogen-bond donors (Lipinski definition) is 1. The Morgan fingerprint density at radius 1 is 1.05 bits per heavy atom. The molecule has 1 N–H and O–H groups in total. The van der Waals surface area contributed by atoms with Crippen LogP contribution >= 0.6 is 34.5 Å². The summed E-state index contributed by atoms with van der Waals surface area (Å²) in [5.41, 5.74) is 1.13. The van der Waals surface area contributed by atoms with Gasteiger partial charge in [0.2, 0.25) is 0 Å². The van der Waals surface area contributed by atoms with Crippen molar-refractivity contribution in [2.24, 2.45) is 0 Å². The first-order valence-electron chi connectivity index (χ1n) is 5.40. The standard InChI is InChI=1S/C13H7Cl2FN2S/c14-7-1-3-10(9(16)5-7)17-13-18-11-6-8(15)2-4-12(11)19-13/h1-6H,(H,17,18). The average Bonchev–Trinajstić information content (AvgIpc) is 2.74. The number of thiazole rings is 1. The lowest BCUT2D eigenvalue weighted by Crippen LogP contribution is -1.92. The molecule has 3 aromatic rings. The predicted octanol–water partition coefficient (Wildman–Crippen LogP) is 5.49. The van der Waals surface area contributed by atoms with Gasteiger partial charge in [0, 0.05) is 10.0 Å². The molecule has 0 unspecified atom stereocenters. The molecule has 1 heterocycles. The molecule has 0 saturated heterocycles. The van der Waals surface area contributed by atoms with Crippen molar-refractivity contribution in [3.63, 3.8) is 0 Å². The molecule has 0 aliphatic rings. The van der Waals surface area contributed by atoms with Gasteiger partial charge in [0.05, 0.1) is 15.9 Å². The van der Waals surface area contributed by atoms with Gasteiger partial charge in [-0.25, -0.2) is 9.37 Å². The molecular formula is C13H7Cl2FN2S. The summed E-state index contributed by atoms with van der Waals surface area (Å²) in [6.45, 7) is 0. The van der Waals surface area contributed by atoms with Crippen LogP contribution in [0, 0.1) is 5.82 Å². The molecule has 0 bridgehead atoms. The maximum Gasteiger partial charge on any atom is 0.188 e. The Bertz CT molecular complexity index is 757. The third kappa shape index (κ3) is 2.66. The number of halogens is 3. The van der Waals surface area contributed by atoms with Crippen molar-refractivity contribution in [1.82, 2.24) is 4.98 Å². The van der Waals surface area contributed by atoms with Gasteiger partial charge in [-0.1, -0.05) is 34.5 Å². The highest BCUT2D eigenvalue weighted by molar-refractivity contribution is 7.22. The first-order chi connectivity index (χ1) is 9.11. The zero-order valence-corrected chi connectivity index (χ0v) is 11.8. The van der Waals surface area contributed by atoms with Crippen LogP contribution < -0.4 is 5.32 Å². The molecule has 0 radical (unpaired) electrons. The minimum absolute atomic E-state index is 0.342. The second-order valence-electron chi connectivity index (χ2n) is 3.88. The van der Waals surface area contributed by atoms with E-state index in [-0.39, 0.29) is 0 Å². The highest BCUT2D eigenvalue weighted by atomic mass is 35.5. The molecule has 2 aromatic carbocycles. The van der Waals surface area contributed by atoms with Gasteiger partial charge in [0.15, 0.2) is 5.13 Å². The summed E-state index contributed by atoms with van der Waals surface area (Å²) in [4.78, 5) is 4.36. The fourth-order valence-electron chi connectivity index (χ4n) is 1.66. The molecule has 0 atom stereocenters. The van der Waals surface area contributed by atoms with Crippen LogP contribution in [0.25, 0.3) is 10.2 Å². The number of anilines is 2. The maximum absolute atomic E-state index is 13.7. The van der Waals surface area contributed by atoms with Gasteiger partial charge in [-0.3, -0.25) is 0 Å². The van der Waals surface area contributed by atoms with Gasteiger partial charge >= 0.3 is 0 Å². The normalized spacial score (nSPS) is 10.9. The van der Waals surface area contributed by atoms with Crippen LogP contribution in [-0.2, 0) is 0 Å². The molecule has 19 heavy (non-hydrogen) atoms. The SMILES string of the molecule is Fc1cc(Cl)ccc1Nc1nc2cc(Cl)ccc2s1. The number of hydrogen-bond acceptors (Lipinski definition) is 3. The summed E-state index contributed by atoms with van der Waals surface area (Å²) in [6, 6.07) is 9.92. The smallest absolute Gasteiger partial charge is 0.188 e. The Hall–Kier alpha value is -1.36. The zero-order valence-electron chi connectivity index (χ0n) is 9.45. The summed E-state index contributed by atoms with van der Waals surface area (Å²) >= 11 is 13.0. The minimum atomic E-state index is -0.412. The van der Waals surface area contributed by atoms with E-state index in [9.17, 15) is 4.39 Å². The number of nitrogens with zero attached hydrogens (tertiary/aromatic N) is 1. The lowest BCUT2D eigenvalue weighted by molar-refractivity contribution is 0.632. The third-order valence-corrected chi connectivity index (χ3v) is 3.94. The van der Waals surface area contributed by atoms with Crippen LogP contribution in [0.2, 0.25) is 10.0 Å². The van der Waals surface area contributed by atoms with Crippen molar-refractivity contribution in [2.75, 3.05) is 5.32 Å². The van der Waals surface area contributed by atoms with E-state index in [0.29, 0.717) is 20.9 Å². The van der Waals surface area contributed by atoms with Crippen molar-refractivity contribution >= 4 is 55.6 Å². The fourth-order valence-corrected chi connectivity index (χ4v) is 2.84. The first-order valence-corrected chi connectivity index (χ1v) is 6.97. The number of fused-ring (bicyclic) bond motifs is 1. The van der Waals surface area contributed by atoms with E-state index in [1.807, 2.05) is 6.07 Å². The topological polar surface area (TPSA) is 24.9 Å². The number of nitrogens with one attached hydrogen (secondary N) is 1. The van der Waals surface area contributed by atoms with Crippen LogP contribution in [-0.4, -0.2) is 4.98 Å². The molecule has 0 aliphatic heterocycles. The second kappa shape index (κ2) is 4.96. The van der Waals surface area contributed by atoms with Crippen molar-refractivity contribution in [3.8, 4) is 0 Å². The van der Waals surface area contributed by atoms with Crippen molar-refractivity contribution < 1.29 is 4.39 Å². The van der Waals surface area contributed by atoms with Gasteiger partial charge in [-0.2, -0.15) is 0 Å². The average molecular weight is 313 g/mol. The lowest BCUT2D eigenvalue weighted by Gasteiger charge is -2.03. The number of benzene rings is 2.